The second kappa shape index (κ2) is 5.02. The number of nitrogens with zero attached hydrogens (tertiary/aromatic N) is 3. The summed E-state index contributed by atoms with van der Waals surface area (Å²) in [6.45, 7) is 2.96. The third-order valence-electron chi connectivity index (χ3n) is 4.77. The quantitative estimate of drug-likeness (QED) is 0.906. The minimum atomic E-state index is 0.0798. The maximum Gasteiger partial charge on any atom is 0.274 e. The van der Waals surface area contributed by atoms with Gasteiger partial charge in [0.1, 0.15) is 5.69 Å². The Morgan fingerprint density at radius 1 is 1.52 bits per heavy atom. The van der Waals surface area contributed by atoms with Crippen molar-refractivity contribution in [1.29, 1.82) is 0 Å². The normalized spacial score (nSPS) is 27.1. The molecule has 1 aromatic heterocycles. The molecule has 1 amide bonds. The summed E-state index contributed by atoms with van der Waals surface area (Å²) in [5.41, 5.74) is 0.568. The predicted octanol–water partition coefficient (Wildman–Crippen LogP) is 1.12. The molecule has 1 aromatic rings. The Morgan fingerprint density at radius 3 is 3.00 bits per heavy atom. The van der Waals surface area contributed by atoms with Gasteiger partial charge in [-0.3, -0.25) is 4.79 Å². The number of aromatic nitrogens is 2. The molecule has 114 valence electrons. The molecule has 2 aliphatic heterocycles. The minimum Gasteiger partial charge on any atom is -0.340 e. The van der Waals surface area contributed by atoms with Gasteiger partial charge in [0.05, 0.1) is 11.1 Å². The number of aryl methyl sites for hydroxylation is 1. The van der Waals surface area contributed by atoms with Crippen LogP contribution in [0.5, 0.6) is 0 Å². The minimum absolute atomic E-state index is 0.0798. The zero-order valence-electron chi connectivity index (χ0n) is 12.4. The van der Waals surface area contributed by atoms with E-state index in [9.17, 15) is 4.79 Å². The third kappa shape index (κ3) is 2.71. The van der Waals surface area contributed by atoms with Crippen molar-refractivity contribution in [2.24, 2.45) is 13.0 Å². The number of thioether (sulfide) groups is 1. The van der Waals surface area contributed by atoms with Crippen LogP contribution in [0.15, 0.2) is 12.5 Å². The highest BCUT2D eigenvalue weighted by atomic mass is 32.2. The summed E-state index contributed by atoms with van der Waals surface area (Å²) in [4.78, 5) is 18.4. The molecular weight excluding hydrogens is 284 g/mol. The van der Waals surface area contributed by atoms with E-state index in [0.717, 1.165) is 19.0 Å². The van der Waals surface area contributed by atoms with Gasteiger partial charge in [0, 0.05) is 38.1 Å². The highest BCUT2D eigenvalue weighted by molar-refractivity contribution is 8.01. The molecule has 5 nitrogen and oxygen atoms in total. The molecule has 3 heterocycles. The van der Waals surface area contributed by atoms with Crippen LogP contribution in [0, 0.1) is 5.92 Å². The van der Waals surface area contributed by atoms with Gasteiger partial charge in [0.25, 0.3) is 5.91 Å². The molecule has 1 atom stereocenters. The van der Waals surface area contributed by atoms with Gasteiger partial charge in [0.2, 0.25) is 0 Å². The van der Waals surface area contributed by atoms with E-state index in [-0.39, 0.29) is 5.91 Å². The average Bonchev–Trinajstić information content (AvgIpc) is 3.00. The van der Waals surface area contributed by atoms with Crippen LogP contribution in [0.1, 0.15) is 29.8 Å². The van der Waals surface area contributed by atoms with Crippen LogP contribution in [0.3, 0.4) is 0 Å². The zero-order chi connectivity index (χ0) is 14.4. The summed E-state index contributed by atoms with van der Waals surface area (Å²) >= 11 is 2.05. The van der Waals surface area contributed by atoms with Crippen molar-refractivity contribution >= 4 is 17.7 Å². The van der Waals surface area contributed by atoms with Crippen molar-refractivity contribution < 1.29 is 4.79 Å². The number of imidazole rings is 1. The van der Waals surface area contributed by atoms with Crippen LogP contribution in [-0.2, 0) is 7.05 Å². The van der Waals surface area contributed by atoms with E-state index in [1.54, 1.807) is 12.5 Å². The van der Waals surface area contributed by atoms with Crippen LogP contribution in [-0.4, -0.2) is 56.5 Å². The summed E-state index contributed by atoms with van der Waals surface area (Å²) in [5.74, 6) is 2.21. The van der Waals surface area contributed by atoms with Gasteiger partial charge in [-0.2, -0.15) is 0 Å². The Hall–Kier alpha value is -1.01. The molecule has 1 N–H and O–H groups in total. The molecule has 1 spiro atoms. The van der Waals surface area contributed by atoms with Crippen LogP contribution in [0.25, 0.3) is 0 Å². The van der Waals surface area contributed by atoms with Crippen molar-refractivity contribution in [2.75, 3.05) is 25.4 Å². The van der Waals surface area contributed by atoms with Gasteiger partial charge in [-0.1, -0.05) is 0 Å². The monoisotopic (exact) mass is 306 g/mol. The van der Waals surface area contributed by atoms with Gasteiger partial charge in [-0.15, -0.1) is 11.8 Å². The molecule has 2 saturated heterocycles. The Kier molecular flexibility index (Phi) is 3.26. The van der Waals surface area contributed by atoms with Crippen LogP contribution >= 0.6 is 11.8 Å². The van der Waals surface area contributed by atoms with Crippen molar-refractivity contribution in [1.82, 2.24) is 19.8 Å². The second-order valence-electron chi connectivity index (χ2n) is 6.83. The number of hydrogen-bond donors (Lipinski definition) is 1. The Labute approximate surface area is 129 Å². The summed E-state index contributed by atoms with van der Waals surface area (Å²) in [6, 6.07) is 0.641. The molecule has 0 aromatic carbocycles. The van der Waals surface area contributed by atoms with E-state index in [1.165, 1.54) is 31.6 Å². The lowest BCUT2D eigenvalue weighted by Crippen LogP contribution is -2.61. The number of nitrogens with one attached hydrogen (secondary N) is 1. The van der Waals surface area contributed by atoms with Crippen LogP contribution < -0.4 is 5.32 Å². The molecule has 3 aliphatic rings. The average molecular weight is 306 g/mol. The van der Waals surface area contributed by atoms with E-state index in [1.807, 2.05) is 16.5 Å². The van der Waals surface area contributed by atoms with Crippen molar-refractivity contribution in [3.8, 4) is 0 Å². The predicted molar refractivity (Wildman–Crippen MR) is 83.4 cm³/mol. The van der Waals surface area contributed by atoms with Crippen LogP contribution in [0.4, 0.5) is 0 Å². The smallest absolute Gasteiger partial charge is 0.274 e. The molecule has 4 rings (SSSR count). The molecule has 3 fully saturated rings. The number of hydrogen-bond acceptors (Lipinski definition) is 4. The lowest BCUT2D eigenvalue weighted by atomic mass is 9.91. The zero-order valence-corrected chi connectivity index (χ0v) is 13.2. The summed E-state index contributed by atoms with van der Waals surface area (Å²) in [6.07, 6.45) is 7.51. The Morgan fingerprint density at radius 2 is 2.33 bits per heavy atom. The van der Waals surface area contributed by atoms with E-state index in [4.69, 9.17) is 0 Å². The first kappa shape index (κ1) is 13.6. The molecule has 1 unspecified atom stereocenters. The maximum atomic E-state index is 12.3. The van der Waals surface area contributed by atoms with Crippen LogP contribution in [0.2, 0.25) is 0 Å². The number of rotatable bonds is 4. The number of carbonyl (C=O) groups excluding carboxylic acids is 1. The fraction of sp³-hybridized carbons (Fsp3) is 0.733. The summed E-state index contributed by atoms with van der Waals surface area (Å²) in [5, 5.41) is 3.71. The highest BCUT2D eigenvalue weighted by Gasteiger charge is 2.50. The molecule has 1 saturated carbocycles. The van der Waals surface area contributed by atoms with Gasteiger partial charge in [-0.25, -0.2) is 4.98 Å². The SMILES string of the molecule is Cn1cnc(C(=O)N2CC3(CC(NCC4CC4)CS3)C2)c1. The van der Waals surface area contributed by atoms with Crippen molar-refractivity contribution in [3.05, 3.63) is 18.2 Å². The van der Waals surface area contributed by atoms with Crippen molar-refractivity contribution in [3.63, 3.8) is 0 Å². The lowest BCUT2D eigenvalue weighted by Gasteiger charge is -2.47. The second-order valence-corrected chi connectivity index (χ2v) is 8.32. The first-order valence-electron chi connectivity index (χ1n) is 7.78. The van der Waals surface area contributed by atoms with E-state index in [2.05, 4.69) is 22.1 Å². The molecular formula is C15H22N4OS. The molecule has 0 radical (unpaired) electrons. The van der Waals surface area contributed by atoms with Crippen molar-refractivity contribution in [2.45, 2.75) is 30.1 Å². The highest BCUT2D eigenvalue weighted by Crippen LogP contribution is 2.45. The fourth-order valence-corrected chi connectivity index (χ4v) is 4.93. The van der Waals surface area contributed by atoms with Gasteiger partial charge in [0.15, 0.2) is 0 Å². The molecule has 21 heavy (non-hydrogen) atoms. The van der Waals surface area contributed by atoms with E-state index < -0.39 is 0 Å². The molecule has 1 aliphatic carbocycles. The number of amides is 1. The fourth-order valence-electron chi connectivity index (χ4n) is 3.33. The standard InChI is InChI=1S/C15H22N4OS/c1-18-6-13(17-10-18)14(20)19-8-15(9-19)4-12(7-21-15)16-5-11-2-3-11/h6,10-12,16H,2-5,7-9H2,1H3. The molecule has 0 bridgehead atoms. The number of carbonyl (C=O) groups is 1. The summed E-state index contributed by atoms with van der Waals surface area (Å²) in [7, 11) is 1.89. The number of likely N-dealkylation sites (tertiary alicyclic amines) is 1. The lowest BCUT2D eigenvalue weighted by molar-refractivity contribution is 0.0546. The summed E-state index contributed by atoms with van der Waals surface area (Å²) < 4.78 is 2.14. The van der Waals surface area contributed by atoms with E-state index in [0.29, 0.717) is 16.5 Å². The Balaban J connectivity index is 1.29. The first-order valence-corrected chi connectivity index (χ1v) is 8.77. The largest absolute Gasteiger partial charge is 0.340 e. The Bertz CT molecular complexity index is 548. The maximum absolute atomic E-state index is 12.3. The van der Waals surface area contributed by atoms with Gasteiger partial charge >= 0.3 is 0 Å². The first-order chi connectivity index (χ1) is 10.1. The van der Waals surface area contributed by atoms with E-state index >= 15 is 0 Å². The molecule has 6 heteroatoms. The van der Waals surface area contributed by atoms with Gasteiger partial charge < -0.3 is 14.8 Å². The topological polar surface area (TPSA) is 50.2 Å². The third-order valence-corrected chi connectivity index (χ3v) is 6.38. The van der Waals surface area contributed by atoms with Gasteiger partial charge in [-0.05, 0) is 31.7 Å².